The first kappa shape index (κ1) is 12.4. The van der Waals surface area contributed by atoms with Gasteiger partial charge in [0.25, 0.3) is 0 Å². The summed E-state index contributed by atoms with van der Waals surface area (Å²) in [6.07, 6.45) is 0. The van der Waals surface area contributed by atoms with Gasteiger partial charge in [0.1, 0.15) is 0 Å². The minimum Gasteiger partial charge on any atom is -0.421 e. The topological polar surface area (TPSA) is 29.5 Å². The van der Waals surface area contributed by atoms with Crippen molar-refractivity contribution in [2.75, 3.05) is 13.7 Å². The van der Waals surface area contributed by atoms with Gasteiger partial charge in [-0.05, 0) is 24.8 Å². The summed E-state index contributed by atoms with van der Waals surface area (Å²) in [4.78, 5) is 0. The lowest BCUT2D eigenvalue weighted by molar-refractivity contribution is 0.316. The van der Waals surface area contributed by atoms with E-state index in [1.807, 2.05) is 7.11 Å². The van der Waals surface area contributed by atoms with E-state index in [2.05, 4.69) is 26.2 Å². The van der Waals surface area contributed by atoms with Gasteiger partial charge in [-0.15, -0.1) is 0 Å². The van der Waals surface area contributed by atoms with Gasteiger partial charge in [-0.1, -0.05) is 13.1 Å². The third kappa shape index (κ3) is 5.08. The van der Waals surface area contributed by atoms with Gasteiger partial charge in [0.15, 0.2) is 8.32 Å². The normalized spacial score (nSPS) is 13.5. The second kappa shape index (κ2) is 4.55. The van der Waals surface area contributed by atoms with Gasteiger partial charge >= 0.3 is 0 Å². The van der Waals surface area contributed by atoms with Crippen molar-refractivity contribution in [2.45, 2.75) is 37.9 Å². The summed E-state index contributed by atoms with van der Waals surface area (Å²) in [7, 11) is -0.757. The van der Waals surface area contributed by atoms with Crippen molar-refractivity contribution in [3.8, 4) is 0 Å². The lowest BCUT2D eigenvalue weighted by atomic mass is 10.9. The third-order valence-electron chi connectivity index (χ3n) is 2.25. The van der Waals surface area contributed by atoms with Gasteiger partial charge in [-0.25, -0.2) is 0 Å². The molecule has 12 heavy (non-hydrogen) atoms. The van der Waals surface area contributed by atoms with Crippen molar-refractivity contribution in [2.24, 2.45) is 0 Å². The molecule has 0 heterocycles. The van der Waals surface area contributed by atoms with Crippen molar-refractivity contribution >= 4 is 16.4 Å². The van der Waals surface area contributed by atoms with Crippen LogP contribution in [0.15, 0.2) is 0 Å². The predicted molar refractivity (Wildman–Crippen MR) is 58.7 cm³/mol. The third-order valence-corrected chi connectivity index (χ3v) is 12.2. The Balaban J connectivity index is 4.04. The predicted octanol–water partition coefficient (Wildman–Crippen LogP) is 2.08. The monoisotopic (exact) mass is 206 g/mol. The number of hydrogen-bond acceptors (Lipinski definition) is 2. The summed E-state index contributed by atoms with van der Waals surface area (Å²) in [6.45, 7) is 9.50. The average Bonchev–Trinajstić information content (AvgIpc) is 1.85. The van der Waals surface area contributed by atoms with Crippen LogP contribution in [0.3, 0.4) is 0 Å². The highest BCUT2D eigenvalue weighted by Gasteiger charge is 2.31. The van der Waals surface area contributed by atoms with Crippen LogP contribution in [0.2, 0.25) is 37.9 Å². The SMILES string of the molecule is CO[Si](C)(C)C[Si](C)(C)CCO. The van der Waals surface area contributed by atoms with Crippen LogP contribution in [0.1, 0.15) is 0 Å². The van der Waals surface area contributed by atoms with Gasteiger partial charge in [0.05, 0.1) is 0 Å². The number of rotatable bonds is 5. The van der Waals surface area contributed by atoms with Crippen molar-refractivity contribution in [1.29, 1.82) is 0 Å². The fourth-order valence-corrected chi connectivity index (χ4v) is 12.7. The van der Waals surface area contributed by atoms with E-state index in [1.54, 1.807) is 0 Å². The van der Waals surface area contributed by atoms with Crippen LogP contribution in [-0.4, -0.2) is 35.2 Å². The van der Waals surface area contributed by atoms with Crippen molar-refractivity contribution < 1.29 is 9.53 Å². The Bertz CT molecular complexity index is 135. The molecule has 2 nitrogen and oxygen atoms in total. The Kier molecular flexibility index (Phi) is 4.69. The van der Waals surface area contributed by atoms with Gasteiger partial charge < -0.3 is 9.53 Å². The number of aliphatic hydroxyl groups is 1. The molecule has 0 saturated heterocycles. The second-order valence-electron chi connectivity index (χ2n) is 4.78. The fraction of sp³-hybridized carbons (Fsp3) is 1.00. The molecule has 0 aromatic heterocycles. The lowest BCUT2D eigenvalue weighted by Gasteiger charge is -2.30. The Morgan fingerprint density at radius 3 is 2.00 bits per heavy atom. The molecule has 4 heteroatoms. The molecule has 0 saturated carbocycles. The molecule has 0 fully saturated rings. The van der Waals surface area contributed by atoms with Gasteiger partial charge in [0.2, 0.25) is 0 Å². The van der Waals surface area contributed by atoms with Gasteiger partial charge in [0, 0.05) is 21.8 Å². The Hall–Kier alpha value is 0.354. The summed E-state index contributed by atoms with van der Waals surface area (Å²) < 4.78 is 5.51. The molecular weight excluding hydrogens is 184 g/mol. The molecule has 0 radical (unpaired) electrons. The Morgan fingerprint density at radius 1 is 1.17 bits per heavy atom. The van der Waals surface area contributed by atoms with E-state index >= 15 is 0 Å². The molecule has 1 N–H and O–H groups in total. The molecule has 0 aliphatic carbocycles. The van der Waals surface area contributed by atoms with E-state index < -0.39 is 16.4 Å². The molecule has 0 bridgehead atoms. The molecule has 0 aliphatic heterocycles. The van der Waals surface area contributed by atoms with Gasteiger partial charge in [-0.3, -0.25) is 0 Å². The molecule has 0 amide bonds. The molecular formula is C8H22O2Si2. The van der Waals surface area contributed by atoms with E-state index in [4.69, 9.17) is 9.53 Å². The molecule has 0 rings (SSSR count). The van der Waals surface area contributed by atoms with E-state index in [-0.39, 0.29) is 0 Å². The minimum absolute atomic E-state index is 0.341. The van der Waals surface area contributed by atoms with Crippen molar-refractivity contribution in [3.63, 3.8) is 0 Å². The molecule has 74 valence electrons. The van der Waals surface area contributed by atoms with Crippen molar-refractivity contribution in [1.82, 2.24) is 0 Å². The van der Waals surface area contributed by atoms with E-state index in [9.17, 15) is 0 Å². The van der Waals surface area contributed by atoms with Crippen LogP contribution >= 0.6 is 0 Å². The van der Waals surface area contributed by atoms with Crippen LogP contribution in [-0.2, 0) is 4.43 Å². The zero-order valence-electron chi connectivity index (χ0n) is 8.98. The summed E-state index contributed by atoms with van der Waals surface area (Å²) in [5, 5.41) is 8.88. The average molecular weight is 206 g/mol. The molecule has 0 unspecified atom stereocenters. The molecule has 0 aromatic rings. The van der Waals surface area contributed by atoms with Crippen LogP contribution in [0, 0.1) is 0 Å². The smallest absolute Gasteiger partial charge is 0.183 e. The lowest BCUT2D eigenvalue weighted by Crippen LogP contribution is -2.41. The molecule has 0 aliphatic rings. The molecule has 0 aromatic carbocycles. The summed E-state index contributed by atoms with van der Waals surface area (Å²) in [5.41, 5.74) is 1.25. The van der Waals surface area contributed by atoms with Crippen LogP contribution in [0.5, 0.6) is 0 Å². The summed E-state index contributed by atoms with van der Waals surface area (Å²) in [5.74, 6) is 0. The molecule has 0 atom stereocenters. The first-order valence-electron chi connectivity index (χ1n) is 4.49. The summed E-state index contributed by atoms with van der Waals surface area (Å²) >= 11 is 0. The molecule has 0 spiro atoms. The highest BCUT2D eigenvalue weighted by atomic mass is 28.4. The number of aliphatic hydroxyl groups excluding tert-OH is 1. The largest absolute Gasteiger partial charge is 0.421 e. The van der Waals surface area contributed by atoms with Gasteiger partial charge in [-0.2, -0.15) is 0 Å². The summed E-state index contributed by atoms with van der Waals surface area (Å²) in [6, 6.07) is 1.01. The van der Waals surface area contributed by atoms with E-state index in [0.29, 0.717) is 6.61 Å². The maximum atomic E-state index is 8.88. The highest BCUT2D eigenvalue weighted by molar-refractivity contribution is 6.92. The number of hydrogen-bond donors (Lipinski definition) is 1. The standard InChI is InChI=1S/C8H22O2Si2/c1-10-12(4,5)8-11(2,3)7-6-9/h9H,6-8H2,1-5H3. The van der Waals surface area contributed by atoms with Crippen LogP contribution < -0.4 is 0 Å². The quantitative estimate of drug-likeness (QED) is 0.698. The van der Waals surface area contributed by atoms with E-state index in [1.165, 1.54) is 5.67 Å². The highest BCUT2D eigenvalue weighted by Crippen LogP contribution is 2.22. The zero-order chi connectivity index (χ0) is 9.83. The van der Waals surface area contributed by atoms with Crippen molar-refractivity contribution in [3.05, 3.63) is 0 Å². The van der Waals surface area contributed by atoms with Crippen LogP contribution in [0.4, 0.5) is 0 Å². The first-order valence-corrected chi connectivity index (χ1v) is 11.0. The second-order valence-corrected chi connectivity index (χ2v) is 14.9. The minimum atomic E-state index is -1.40. The Labute approximate surface area is 78.1 Å². The zero-order valence-corrected chi connectivity index (χ0v) is 11.0. The maximum Gasteiger partial charge on any atom is 0.183 e. The fourth-order valence-electron chi connectivity index (χ4n) is 1.62. The maximum absolute atomic E-state index is 8.88. The van der Waals surface area contributed by atoms with E-state index in [0.717, 1.165) is 6.04 Å². The Morgan fingerprint density at radius 2 is 1.67 bits per heavy atom. The van der Waals surface area contributed by atoms with Crippen LogP contribution in [0.25, 0.3) is 0 Å². The first-order chi connectivity index (χ1) is 5.33.